The first-order valence-corrected chi connectivity index (χ1v) is 5.84. The molecule has 0 spiro atoms. The molecule has 1 saturated carbocycles. The average molecular weight is 208 g/mol. The van der Waals surface area contributed by atoms with Gasteiger partial charge in [0.2, 0.25) is 5.91 Å². The lowest BCUT2D eigenvalue weighted by Gasteiger charge is -2.04. The highest BCUT2D eigenvalue weighted by Gasteiger charge is 2.56. The number of hydrogen-bond acceptors (Lipinski definition) is 3. The summed E-state index contributed by atoms with van der Waals surface area (Å²) in [7, 11) is 0. The Bertz CT molecular complexity index is 339. The molecule has 3 nitrogen and oxygen atoms in total. The highest BCUT2D eigenvalue weighted by atomic mass is 32.1. The van der Waals surface area contributed by atoms with E-state index in [1.54, 1.807) is 11.3 Å². The summed E-state index contributed by atoms with van der Waals surface area (Å²) >= 11 is 1.61. The zero-order valence-corrected chi connectivity index (χ0v) is 8.51. The summed E-state index contributed by atoms with van der Waals surface area (Å²) in [4.78, 5) is 11.8. The molecule has 74 valence electrons. The Kier molecular flexibility index (Phi) is 1.85. The Morgan fingerprint density at radius 3 is 2.93 bits per heavy atom. The zero-order valence-electron chi connectivity index (χ0n) is 7.69. The monoisotopic (exact) mass is 208 g/mol. The van der Waals surface area contributed by atoms with Crippen LogP contribution in [-0.2, 0) is 4.79 Å². The lowest BCUT2D eigenvalue weighted by Crippen LogP contribution is -2.23. The van der Waals surface area contributed by atoms with Crippen molar-refractivity contribution in [2.45, 2.75) is 0 Å². The minimum Gasteiger partial charge on any atom is -0.325 e. The van der Waals surface area contributed by atoms with Crippen LogP contribution in [0.25, 0.3) is 0 Å². The van der Waals surface area contributed by atoms with Crippen molar-refractivity contribution in [3.8, 4) is 0 Å². The lowest BCUT2D eigenvalue weighted by atomic mass is 10.2. The van der Waals surface area contributed by atoms with Gasteiger partial charge in [0.15, 0.2) is 0 Å². The van der Waals surface area contributed by atoms with E-state index in [-0.39, 0.29) is 11.8 Å². The van der Waals surface area contributed by atoms with Crippen LogP contribution >= 0.6 is 11.3 Å². The van der Waals surface area contributed by atoms with Crippen molar-refractivity contribution in [2.75, 3.05) is 18.4 Å². The number of nitrogens with one attached hydrogen (secondary N) is 2. The molecule has 1 aromatic rings. The molecule has 2 N–H and O–H groups in total. The molecule has 0 bridgehead atoms. The van der Waals surface area contributed by atoms with Crippen molar-refractivity contribution in [3.63, 3.8) is 0 Å². The van der Waals surface area contributed by atoms with E-state index in [1.807, 2.05) is 16.8 Å². The molecule has 3 atom stereocenters. The first-order chi connectivity index (χ1) is 6.86. The van der Waals surface area contributed by atoms with Gasteiger partial charge in [0.05, 0.1) is 5.69 Å². The predicted octanol–water partition coefficient (Wildman–Crippen LogP) is 1.15. The van der Waals surface area contributed by atoms with E-state index in [0.29, 0.717) is 11.8 Å². The standard InChI is InChI=1S/C10H12N2OS/c13-10(12-6-1-2-14-5-6)9-7-3-11-4-8(7)9/h1-2,5,7-9,11H,3-4H2,(H,12,13)/t7-,8+,9?. The Morgan fingerprint density at radius 1 is 1.50 bits per heavy atom. The molecule has 0 radical (unpaired) electrons. The van der Waals surface area contributed by atoms with Gasteiger partial charge in [-0.25, -0.2) is 0 Å². The number of thiophene rings is 1. The van der Waals surface area contributed by atoms with Gasteiger partial charge >= 0.3 is 0 Å². The first-order valence-electron chi connectivity index (χ1n) is 4.90. The van der Waals surface area contributed by atoms with Gasteiger partial charge < -0.3 is 10.6 Å². The Balaban J connectivity index is 1.62. The molecule has 1 unspecified atom stereocenters. The van der Waals surface area contributed by atoms with Gasteiger partial charge in [-0.05, 0) is 36.4 Å². The molecule has 1 saturated heterocycles. The number of hydrogen-bond donors (Lipinski definition) is 2. The number of fused-ring (bicyclic) bond motifs is 1. The predicted molar refractivity (Wildman–Crippen MR) is 56.3 cm³/mol. The highest BCUT2D eigenvalue weighted by Crippen LogP contribution is 2.49. The molecule has 2 heterocycles. The first kappa shape index (κ1) is 8.44. The smallest absolute Gasteiger partial charge is 0.228 e. The van der Waals surface area contributed by atoms with Crippen LogP contribution in [0.1, 0.15) is 0 Å². The van der Waals surface area contributed by atoms with Crippen LogP contribution in [-0.4, -0.2) is 19.0 Å². The Morgan fingerprint density at radius 2 is 2.29 bits per heavy atom. The van der Waals surface area contributed by atoms with Crippen LogP contribution in [0.3, 0.4) is 0 Å². The van der Waals surface area contributed by atoms with Gasteiger partial charge in [0.25, 0.3) is 0 Å². The molecular formula is C10H12N2OS. The van der Waals surface area contributed by atoms with Crippen LogP contribution in [0, 0.1) is 17.8 Å². The third-order valence-corrected chi connectivity index (χ3v) is 3.87. The number of carbonyl (C=O) groups is 1. The maximum absolute atomic E-state index is 11.8. The van der Waals surface area contributed by atoms with Crippen LogP contribution in [0.5, 0.6) is 0 Å². The quantitative estimate of drug-likeness (QED) is 0.765. The van der Waals surface area contributed by atoms with E-state index in [9.17, 15) is 4.79 Å². The van der Waals surface area contributed by atoms with Crippen LogP contribution in [0.15, 0.2) is 16.8 Å². The van der Waals surface area contributed by atoms with Crippen LogP contribution < -0.4 is 10.6 Å². The number of amides is 1. The maximum Gasteiger partial charge on any atom is 0.228 e. The molecule has 2 aliphatic rings. The van der Waals surface area contributed by atoms with Crippen molar-refractivity contribution in [2.24, 2.45) is 17.8 Å². The van der Waals surface area contributed by atoms with Crippen molar-refractivity contribution < 1.29 is 4.79 Å². The van der Waals surface area contributed by atoms with E-state index < -0.39 is 0 Å². The summed E-state index contributed by atoms with van der Waals surface area (Å²) in [5, 5.41) is 10.2. The molecule has 2 fully saturated rings. The summed E-state index contributed by atoms with van der Waals surface area (Å²) in [6.07, 6.45) is 0. The molecule has 1 aromatic heterocycles. The zero-order chi connectivity index (χ0) is 9.54. The van der Waals surface area contributed by atoms with Crippen molar-refractivity contribution >= 4 is 22.9 Å². The minimum atomic E-state index is 0.208. The van der Waals surface area contributed by atoms with Crippen LogP contribution in [0.4, 0.5) is 5.69 Å². The second-order valence-electron chi connectivity index (χ2n) is 4.01. The molecule has 14 heavy (non-hydrogen) atoms. The van der Waals surface area contributed by atoms with Gasteiger partial charge in [-0.3, -0.25) is 4.79 Å². The third kappa shape index (κ3) is 1.26. The topological polar surface area (TPSA) is 41.1 Å². The third-order valence-electron chi connectivity index (χ3n) is 3.18. The number of carbonyl (C=O) groups excluding carboxylic acids is 1. The van der Waals surface area contributed by atoms with Crippen molar-refractivity contribution in [3.05, 3.63) is 16.8 Å². The Hall–Kier alpha value is -0.870. The van der Waals surface area contributed by atoms with Gasteiger partial charge in [-0.1, -0.05) is 0 Å². The summed E-state index contributed by atoms with van der Waals surface area (Å²) in [5.41, 5.74) is 0.943. The van der Waals surface area contributed by atoms with Gasteiger partial charge in [-0.15, -0.1) is 0 Å². The second kappa shape index (κ2) is 3.07. The summed E-state index contributed by atoms with van der Waals surface area (Å²) in [5.74, 6) is 1.69. The molecule has 4 heteroatoms. The van der Waals surface area contributed by atoms with Gasteiger partial charge in [0.1, 0.15) is 0 Å². The van der Waals surface area contributed by atoms with Gasteiger partial charge in [0, 0.05) is 11.3 Å². The number of anilines is 1. The van der Waals surface area contributed by atoms with Gasteiger partial charge in [-0.2, -0.15) is 11.3 Å². The molecule has 3 rings (SSSR count). The van der Waals surface area contributed by atoms with Crippen molar-refractivity contribution in [1.82, 2.24) is 5.32 Å². The largest absolute Gasteiger partial charge is 0.325 e. The fraction of sp³-hybridized carbons (Fsp3) is 0.500. The second-order valence-corrected chi connectivity index (χ2v) is 4.79. The minimum absolute atomic E-state index is 0.208. The van der Waals surface area contributed by atoms with Crippen molar-refractivity contribution in [1.29, 1.82) is 0 Å². The van der Waals surface area contributed by atoms with E-state index in [4.69, 9.17) is 0 Å². The molecular weight excluding hydrogens is 196 g/mol. The number of piperidine rings is 1. The lowest BCUT2D eigenvalue weighted by molar-refractivity contribution is -0.118. The average Bonchev–Trinajstić information content (AvgIpc) is 2.63. The fourth-order valence-corrected chi connectivity index (χ4v) is 2.96. The Labute approximate surface area is 86.5 Å². The summed E-state index contributed by atoms with van der Waals surface area (Å²) in [6.45, 7) is 2.04. The molecule has 1 amide bonds. The normalized spacial score (nSPS) is 33.9. The van der Waals surface area contributed by atoms with E-state index >= 15 is 0 Å². The maximum atomic E-state index is 11.8. The SMILES string of the molecule is O=C(Nc1ccsc1)C1[C@H]2CNC[C@@H]12. The number of rotatable bonds is 2. The van der Waals surface area contributed by atoms with E-state index in [1.165, 1.54) is 0 Å². The molecule has 1 aliphatic heterocycles. The summed E-state index contributed by atoms with van der Waals surface area (Å²) in [6, 6.07) is 1.94. The molecule has 1 aliphatic carbocycles. The summed E-state index contributed by atoms with van der Waals surface area (Å²) < 4.78 is 0. The molecule has 0 aromatic carbocycles. The fourth-order valence-electron chi connectivity index (χ4n) is 2.37. The van der Waals surface area contributed by atoms with E-state index in [2.05, 4.69) is 10.6 Å². The van der Waals surface area contributed by atoms with E-state index in [0.717, 1.165) is 18.8 Å². The highest BCUT2D eigenvalue weighted by molar-refractivity contribution is 7.08. The van der Waals surface area contributed by atoms with Crippen LogP contribution in [0.2, 0.25) is 0 Å².